The summed E-state index contributed by atoms with van der Waals surface area (Å²) >= 11 is 5.79. The maximum Gasteiger partial charge on any atom is 0.417 e. The van der Waals surface area contributed by atoms with Crippen molar-refractivity contribution in [3.05, 3.63) is 69.9 Å². The number of ether oxygens (including phenoxy) is 1. The zero-order valence-corrected chi connectivity index (χ0v) is 17.2. The van der Waals surface area contributed by atoms with E-state index in [1.54, 1.807) is 19.3 Å². The highest BCUT2D eigenvalue weighted by atomic mass is 35.5. The number of hydrogen-bond acceptors (Lipinski definition) is 3. The molecule has 0 spiro atoms. The van der Waals surface area contributed by atoms with Crippen LogP contribution < -0.4 is 9.64 Å². The first kappa shape index (κ1) is 21.2. The summed E-state index contributed by atoms with van der Waals surface area (Å²) in [5.41, 5.74) is 1.83. The average molecular weight is 423 g/mol. The van der Waals surface area contributed by atoms with Crippen LogP contribution in [0.1, 0.15) is 30.5 Å². The molecule has 1 heterocycles. The zero-order valence-electron chi connectivity index (χ0n) is 16.4. The van der Waals surface area contributed by atoms with Gasteiger partial charge >= 0.3 is 6.18 Å². The molecule has 1 aliphatic heterocycles. The van der Waals surface area contributed by atoms with Crippen molar-refractivity contribution in [1.82, 2.24) is 0 Å². The predicted molar refractivity (Wildman–Crippen MR) is 110 cm³/mol. The molecule has 1 unspecified atom stereocenters. The van der Waals surface area contributed by atoms with Crippen molar-refractivity contribution >= 4 is 23.5 Å². The molecule has 0 radical (unpaired) electrons. The molecule has 0 bridgehead atoms. The Kier molecular flexibility index (Phi) is 5.68. The molecular weight excluding hydrogens is 401 g/mol. The van der Waals surface area contributed by atoms with E-state index < -0.39 is 17.2 Å². The number of hydrogen-bond donors (Lipinski definition) is 1. The molecule has 2 aromatic carbocycles. The molecule has 3 nitrogen and oxygen atoms in total. The summed E-state index contributed by atoms with van der Waals surface area (Å²) in [5.74, 6) is 0.675. The Morgan fingerprint density at radius 3 is 2.52 bits per heavy atom. The third kappa shape index (κ3) is 3.73. The monoisotopic (exact) mass is 422 g/mol. The number of benzene rings is 2. The van der Waals surface area contributed by atoms with Crippen LogP contribution in [0.2, 0.25) is 5.02 Å². The van der Waals surface area contributed by atoms with Gasteiger partial charge in [0.1, 0.15) is 5.75 Å². The average Bonchev–Trinajstić information content (AvgIpc) is 2.90. The lowest BCUT2D eigenvalue weighted by Gasteiger charge is -2.30. The fourth-order valence-electron chi connectivity index (χ4n) is 4.07. The quantitative estimate of drug-likeness (QED) is 0.579. The third-order valence-corrected chi connectivity index (χ3v) is 5.73. The van der Waals surface area contributed by atoms with Crippen molar-refractivity contribution in [2.24, 2.45) is 0 Å². The molecule has 1 aliphatic rings. The number of alkyl halides is 3. The summed E-state index contributed by atoms with van der Waals surface area (Å²) in [5, 5.41) is 7.29. The number of nitrogens with zero attached hydrogens (tertiary/aromatic N) is 1. The van der Waals surface area contributed by atoms with Crippen LogP contribution in [0.25, 0.3) is 0 Å². The summed E-state index contributed by atoms with van der Waals surface area (Å²) < 4.78 is 45.4. The summed E-state index contributed by atoms with van der Waals surface area (Å²) in [6, 6.07) is 9.76. The van der Waals surface area contributed by atoms with E-state index >= 15 is 0 Å². The maximum atomic E-state index is 13.3. The van der Waals surface area contributed by atoms with Crippen LogP contribution >= 0.6 is 11.6 Å². The second-order valence-electron chi connectivity index (χ2n) is 7.17. The number of halogens is 4. The Labute approximate surface area is 173 Å². The Morgan fingerprint density at radius 2 is 1.93 bits per heavy atom. The summed E-state index contributed by atoms with van der Waals surface area (Å²) in [6.07, 6.45) is -1.28. The van der Waals surface area contributed by atoms with Crippen LogP contribution in [0.3, 0.4) is 0 Å². The van der Waals surface area contributed by atoms with Crippen molar-refractivity contribution in [3.8, 4) is 5.75 Å². The molecule has 1 atom stereocenters. The largest absolute Gasteiger partial charge is 0.497 e. The molecule has 154 valence electrons. The van der Waals surface area contributed by atoms with E-state index in [0.29, 0.717) is 24.3 Å². The first-order valence-electron chi connectivity index (χ1n) is 9.18. The van der Waals surface area contributed by atoms with E-state index in [1.165, 1.54) is 12.3 Å². The van der Waals surface area contributed by atoms with Crippen LogP contribution in [-0.4, -0.2) is 19.9 Å². The number of allylic oxidation sites excluding steroid dienone is 2. The Balaban J connectivity index is 2.16. The Morgan fingerprint density at radius 1 is 1.21 bits per heavy atom. The molecule has 0 saturated carbocycles. The van der Waals surface area contributed by atoms with Crippen LogP contribution in [0, 0.1) is 5.41 Å². The van der Waals surface area contributed by atoms with Gasteiger partial charge in [0, 0.05) is 29.6 Å². The highest BCUT2D eigenvalue weighted by molar-refractivity contribution is 6.31. The number of methoxy groups -OCH3 is 1. The number of likely N-dealkylation sites (N-methyl/N-ethyl adjacent to an activating group) is 1. The maximum absolute atomic E-state index is 13.3. The van der Waals surface area contributed by atoms with Crippen molar-refractivity contribution < 1.29 is 17.9 Å². The van der Waals surface area contributed by atoms with Gasteiger partial charge in [0.15, 0.2) is 0 Å². The normalized spacial score (nSPS) is 20.1. The molecule has 2 aromatic rings. The van der Waals surface area contributed by atoms with Crippen LogP contribution in [0.15, 0.2) is 48.2 Å². The number of fused-ring (bicyclic) bond motifs is 1. The smallest absolute Gasteiger partial charge is 0.417 e. The molecule has 0 fully saturated rings. The van der Waals surface area contributed by atoms with Gasteiger partial charge in [-0.2, -0.15) is 13.2 Å². The number of rotatable bonds is 5. The predicted octanol–water partition coefficient (Wildman–Crippen LogP) is 6.24. The minimum Gasteiger partial charge on any atom is -0.497 e. The lowest BCUT2D eigenvalue weighted by Crippen LogP contribution is -2.31. The molecule has 3 rings (SSSR count). The lowest BCUT2D eigenvalue weighted by molar-refractivity contribution is -0.137. The minimum absolute atomic E-state index is 0.315. The minimum atomic E-state index is -4.52. The first-order chi connectivity index (χ1) is 13.7. The Hall–Kier alpha value is -2.47. The Bertz CT molecular complexity index is 971. The molecule has 0 saturated heterocycles. The van der Waals surface area contributed by atoms with Gasteiger partial charge in [0.2, 0.25) is 0 Å². The van der Waals surface area contributed by atoms with E-state index in [4.69, 9.17) is 21.7 Å². The van der Waals surface area contributed by atoms with E-state index in [9.17, 15) is 13.2 Å². The third-order valence-electron chi connectivity index (χ3n) is 5.40. The lowest BCUT2D eigenvalue weighted by atomic mass is 9.76. The first-order valence-corrected chi connectivity index (χ1v) is 9.56. The van der Waals surface area contributed by atoms with E-state index in [2.05, 4.69) is 4.90 Å². The van der Waals surface area contributed by atoms with Gasteiger partial charge in [-0.1, -0.05) is 17.7 Å². The van der Waals surface area contributed by atoms with Gasteiger partial charge in [-0.25, -0.2) is 0 Å². The molecular formula is C22H22ClF3N2O. The van der Waals surface area contributed by atoms with Gasteiger partial charge in [0.05, 0.1) is 17.7 Å². The van der Waals surface area contributed by atoms with E-state index in [1.807, 2.05) is 32.0 Å². The van der Waals surface area contributed by atoms with Crippen LogP contribution in [0.4, 0.5) is 18.9 Å². The van der Waals surface area contributed by atoms with Crippen LogP contribution in [-0.2, 0) is 18.0 Å². The summed E-state index contributed by atoms with van der Waals surface area (Å²) in [6.45, 7) is 4.66. The number of anilines is 1. The SMILES string of the molecule is CCN1/C(=C\C=N)C(C)(Cc2ccc(Cl)c(C(F)(F)F)c2)c2cc(OC)ccc21. The second kappa shape index (κ2) is 7.75. The number of nitrogens with one attached hydrogen (secondary N) is 1. The fraction of sp³-hybridized carbons (Fsp3) is 0.318. The highest BCUT2D eigenvalue weighted by Gasteiger charge is 2.44. The van der Waals surface area contributed by atoms with Gasteiger partial charge in [-0.15, -0.1) is 0 Å². The fourth-order valence-corrected chi connectivity index (χ4v) is 4.30. The summed E-state index contributed by atoms with van der Waals surface area (Å²) in [4.78, 5) is 2.08. The van der Waals surface area contributed by atoms with Gasteiger partial charge in [0.25, 0.3) is 0 Å². The van der Waals surface area contributed by atoms with Crippen molar-refractivity contribution in [2.75, 3.05) is 18.6 Å². The second-order valence-corrected chi connectivity index (χ2v) is 7.57. The molecule has 0 aliphatic carbocycles. The van der Waals surface area contributed by atoms with E-state index in [0.717, 1.165) is 23.0 Å². The van der Waals surface area contributed by atoms with Gasteiger partial charge in [-0.3, -0.25) is 0 Å². The highest BCUT2D eigenvalue weighted by Crippen LogP contribution is 2.51. The molecule has 7 heteroatoms. The molecule has 1 N–H and O–H groups in total. The van der Waals surface area contributed by atoms with Crippen LogP contribution in [0.5, 0.6) is 5.75 Å². The molecule has 29 heavy (non-hydrogen) atoms. The van der Waals surface area contributed by atoms with Crippen molar-refractivity contribution in [1.29, 1.82) is 5.41 Å². The molecule has 0 amide bonds. The standard InChI is InChI=1S/C22H22ClF3N2O/c1-4-28-19-8-6-15(29-3)12-17(19)21(2,20(28)9-10-27)13-14-5-7-18(23)16(11-14)22(24,25)26/h5-12,27H,4,13H2,1-3H3/b20-9-,27-10?. The topological polar surface area (TPSA) is 36.3 Å². The zero-order chi connectivity index (χ0) is 21.4. The summed E-state index contributed by atoms with van der Waals surface area (Å²) in [7, 11) is 1.58. The van der Waals surface area contributed by atoms with Gasteiger partial charge in [-0.05, 0) is 67.8 Å². The van der Waals surface area contributed by atoms with Crippen molar-refractivity contribution in [2.45, 2.75) is 31.9 Å². The molecule has 0 aromatic heterocycles. The van der Waals surface area contributed by atoms with Gasteiger partial charge < -0.3 is 15.0 Å². The van der Waals surface area contributed by atoms with Crippen molar-refractivity contribution in [3.63, 3.8) is 0 Å². The van der Waals surface area contributed by atoms with E-state index in [-0.39, 0.29) is 5.02 Å².